The minimum absolute atomic E-state index is 0.0637. The molecule has 1 aromatic rings. The average Bonchev–Trinajstić information content (AvgIpc) is 2.27. The maximum absolute atomic E-state index is 12.1. The molecule has 0 bridgehead atoms. The van der Waals surface area contributed by atoms with E-state index in [4.69, 9.17) is 4.74 Å². The molecule has 0 N–H and O–H groups in total. The van der Waals surface area contributed by atoms with Gasteiger partial charge >= 0.3 is 0 Å². The van der Waals surface area contributed by atoms with Crippen LogP contribution in [0.15, 0.2) is 36.4 Å². The second-order valence-electron chi connectivity index (χ2n) is 3.87. The molecule has 0 saturated carbocycles. The van der Waals surface area contributed by atoms with Crippen LogP contribution < -0.4 is 4.74 Å². The van der Waals surface area contributed by atoms with Crippen LogP contribution in [-0.2, 0) is 0 Å². The van der Waals surface area contributed by atoms with Crippen molar-refractivity contribution in [3.8, 4) is 5.75 Å². The van der Waals surface area contributed by atoms with Crippen LogP contribution in [0, 0.1) is 0 Å². The summed E-state index contributed by atoms with van der Waals surface area (Å²) in [5.41, 5.74) is 1.13. The van der Waals surface area contributed by atoms with Gasteiger partial charge in [-0.3, -0.25) is 4.79 Å². The van der Waals surface area contributed by atoms with Crippen molar-refractivity contribution < 1.29 is 9.53 Å². The monoisotopic (exact) mass is 219 g/mol. The molecule has 0 spiro atoms. The molecule has 0 amide bonds. The predicted molar refractivity (Wildman–Crippen MR) is 65.0 cm³/mol. The van der Waals surface area contributed by atoms with Gasteiger partial charge in [0.2, 0.25) is 0 Å². The van der Waals surface area contributed by atoms with Crippen molar-refractivity contribution in [2.75, 3.05) is 27.7 Å². The van der Waals surface area contributed by atoms with Gasteiger partial charge in [0.05, 0.1) is 12.7 Å². The Bertz CT molecular complexity index is 397. The van der Waals surface area contributed by atoms with Gasteiger partial charge in [0.1, 0.15) is 5.75 Å². The minimum Gasteiger partial charge on any atom is -0.496 e. The van der Waals surface area contributed by atoms with E-state index < -0.39 is 0 Å². The first kappa shape index (κ1) is 12.5. The van der Waals surface area contributed by atoms with Gasteiger partial charge in [0.15, 0.2) is 5.78 Å². The Hall–Kier alpha value is -1.61. The molecule has 0 aliphatic carbocycles. The Morgan fingerprint density at radius 3 is 2.56 bits per heavy atom. The Kier molecular flexibility index (Phi) is 4.26. The van der Waals surface area contributed by atoms with E-state index >= 15 is 0 Å². The first-order chi connectivity index (χ1) is 7.56. The van der Waals surface area contributed by atoms with Crippen molar-refractivity contribution in [2.24, 2.45) is 0 Å². The lowest BCUT2D eigenvalue weighted by Crippen LogP contribution is -2.19. The topological polar surface area (TPSA) is 29.5 Å². The molecule has 0 aliphatic heterocycles. The molecule has 1 aromatic carbocycles. The number of likely N-dealkylation sites (N-methyl/N-ethyl adjacent to an activating group) is 1. The Balaban J connectivity index is 2.92. The van der Waals surface area contributed by atoms with Gasteiger partial charge in [-0.15, -0.1) is 0 Å². The number of Topliss-reactive ketones (excluding diaryl/α,β-unsaturated/α-hetero) is 1. The molecule has 0 unspecified atom stereocenters. The van der Waals surface area contributed by atoms with Crippen LogP contribution in [-0.4, -0.2) is 38.4 Å². The Morgan fingerprint density at radius 1 is 1.38 bits per heavy atom. The Labute approximate surface area is 96.3 Å². The lowest BCUT2D eigenvalue weighted by molar-refractivity contribution is 0.102. The van der Waals surface area contributed by atoms with E-state index in [-0.39, 0.29) is 5.78 Å². The quantitative estimate of drug-likeness (QED) is 0.560. The van der Waals surface area contributed by atoms with E-state index in [9.17, 15) is 4.79 Å². The molecule has 86 valence electrons. The number of para-hydroxylation sites is 1. The van der Waals surface area contributed by atoms with Crippen LogP contribution in [0.3, 0.4) is 0 Å². The third-order valence-electron chi connectivity index (χ3n) is 2.18. The lowest BCUT2D eigenvalue weighted by atomic mass is 10.0. The highest BCUT2D eigenvalue weighted by molar-refractivity contribution is 6.10. The molecule has 0 atom stereocenters. The predicted octanol–water partition coefficient (Wildman–Crippen LogP) is 2.00. The summed E-state index contributed by atoms with van der Waals surface area (Å²) in [7, 11) is 5.36. The van der Waals surface area contributed by atoms with Gasteiger partial charge in [-0.25, -0.2) is 0 Å². The first-order valence-corrected chi connectivity index (χ1v) is 5.06. The number of nitrogens with zero attached hydrogens (tertiary/aromatic N) is 1. The average molecular weight is 219 g/mol. The van der Waals surface area contributed by atoms with E-state index in [1.54, 1.807) is 19.2 Å². The number of carbonyl (C=O) groups is 1. The third-order valence-corrected chi connectivity index (χ3v) is 2.18. The number of carbonyl (C=O) groups excluding carboxylic acids is 1. The molecular weight excluding hydrogens is 202 g/mol. The molecule has 3 heteroatoms. The van der Waals surface area contributed by atoms with Gasteiger partial charge in [0.25, 0.3) is 0 Å². The summed E-state index contributed by atoms with van der Waals surface area (Å²) < 4.78 is 5.15. The largest absolute Gasteiger partial charge is 0.496 e. The minimum atomic E-state index is -0.0637. The number of hydrogen-bond acceptors (Lipinski definition) is 3. The fraction of sp³-hybridized carbons (Fsp3) is 0.308. The summed E-state index contributed by atoms with van der Waals surface area (Å²) in [6.45, 7) is 4.35. The van der Waals surface area contributed by atoms with Crippen LogP contribution in [0.5, 0.6) is 5.75 Å². The van der Waals surface area contributed by atoms with Crippen LogP contribution in [0.4, 0.5) is 0 Å². The van der Waals surface area contributed by atoms with Gasteiger partial charge in [0, 0.05) is 12.1 Å². The van der Waals surface area contributed by atoms with Crippen molar-refractivity contribution in [1.82, 2.24) is 4.90 Å². The van der Waals surface area contributed by atoms with Crippen LogP contribution in [0.2, 0.25) is 0 Å². The highest BCUT2D eigenvalue weighted by Gasteiger charge is 2.14. The van der Waals surface area contributed by atoms with E-state index in [0.717, 1.165) is 0 Å². The molecule has 3 nitrogen and oxygen atoms in total. The zero-order valence-electron chi connectivity index (χ0n) is 9.99. The molecular formula is C13H17NO2. The van der Waals surface area contributed by atoms with E-state index in [1.165, 1.54) is 0 Å². The van der Waals surface area contributed by atoms with Crippen molar-refractivity contribution in [2.45, 2.75) is 0 Å². The SMILES string of the molecule is C=C(CN(C)C)C(=O)c1ccccc1OC. The maximum atomic E-state index is 12.1. The lowest BCUT2D eigenvalue weighted by Gasteiger charge is -2.12. The molecule has 0 aromatic heterocycles. The zero-order chi connectivity index (χ0) is 12.1. The zero-order valence-corrected chi connectivity index (χ0v) is 9.99. The van der Waals surface area contributed by atoms with Crippen LogP contribution in [0.1, 0.15) is 10.4 Å². The number of hydrogen-bond donors (Lipinski definition) is 0. The van der Waals surface area contributed by atoms with Crippen molar-refractivity contribution in [3.63, 3.8) is 0 Å². The second-order valence-corrected chi connectivity index (χ2v) is 3.87. The molecule has 0 saturated heterocycles. The van der Waals surface area contributed by atoms with Gasteiger partial charge in [-0.05, 0) is 26.2 Å². The summed E-state index contributed by atoms with van der Waals surface area (Å²) >= 11 is 0. The standard InChI is InChI=1S/C13H17NO2/c1-10(9-14(2)3)13(15)11-7-5-6-8-12(11)16-4/h5-8H,1,9H2,2-4H3. The van der Waals surface area contributed by atoms with Crippen LogP contribution >= 0.6 is 0 Å². The highest BCUT2D eigenvalue weighted by atomic mass is 16.5. The van der Waals surface area contributed by atoms with Crippen LogP contribution in [0.25, 0.3) is 0 Å². The molecule has 0 aliphatic rings. The number of rotatable bonds is 5. The summed E-state index contributed by atoms with van der Waals surface area (Å²) in [6.07, 6.45) is 0. The third kappa shape index (κ3) is 2.94. The molecule has 0 radical (unpaired) electrons. The number of ketones is 1. The Morgan fingerprint density at radius 2 is 2.00 bits per heavy atom. The summed E-state index contributed by atoms with van der Waals surface area (Å²) in [5, 5.41) is 0. The normalized spacial score (nSPS) is 10.2. The van der Waals surface area contributed by atoms with Gasteiger partial charge in [-0.2, -0.15) is 0 Å². The highest BCUT2D eigenvalue weighted by Crippen LogP contribution is 2.20. The van der Waals surface area contributed by atoms with Crippen molar-refractivity contribution >= 4 is 5.78 Å². The summed E-state index contributed by atoms with van der Waals surface area (Å²) in [4.78, 5) is 14.0. The van der Waals surface area contributed by atoms with E-state index in [2.05, 4.69) is 6.58 Å². The fourth-order valence-electron chi connectivity index (χ4n) is 1.48. The van der Waals surface area contributed by atoms with Gasteiger partial charge < -0.3 is 9.64 Å². The smallest absolute Gasteiger partial charge is 0.193 e. The van der Waals surface area contributed by atoms with Gasteiger partial charge in [-0.1, -0.05) is 18.7 Å². The van der Waals surface area contributed by atoms with E-state index in [1.807, 2.05) is 31.1 Å². The first-order valence-electron chi connectivity index (χ1n) is 5.06. The number of ether oxygens (including phenoxy) is 1. The number of benzene rings is 1. The molecule has 0 fully saturated rings. The maximum Gasteiger partial charge on any atom is 0.193 e. The second kappa shape index (κ2) is 5.47. The fourth-order valence-corrected chi connectivity index (χ4v) is 1.48. The van der Waals surface area contributed by atoms with Crippen molar-refractivity contribution in [1.29, 1.82) is 0 Å². The number of methoxy groups -OCH3 is 1. The summed E-state index contributed by atoms with van der Waals surface area (Å²) in [6, 6.07) is 7.18. The molecule has 16 heavy (non-hydrogen) atoms. The summed E-state index contributed by atoms with van der Waals surface area (Å²) in [5.74, 6) is 0.526. The molecule has 0 heterocycles. The van der Waals surface area contributed by atoms with Crippen molar-refractivity contribution in [3.05, 3.63) is 42.0 Å². The van der Waals surface area contributed by atoms with E-state index in [0.29, 0.717) is 23.4 Å². The molecule has 1 rings (SSSR count).